The molecular weight excluding hydrogens is 316 g/mol. The summed E-state index contributed by atoms with van der Waals surface area (Å²) in [7, 11) is 3.11. The van der Waals surface area contributed by atoms with Gasteiger partial charge in [-0.2, -0.15) is 0 Å². The van der Waals surface area contributed by atoms with Gasteiger partial charge in [0.15, 0.2) is 0 Å². The van der Waals surface area contributed by atoms with Crippen LogP contribution < -0.4 is 14.8 Å². The molecule has 0 aliphatic heterocycles. The van der Waals surface area contributed by atoms with Crippen LogP contribution in [0.3, 0.4) is 0 Å². The van der Waals surface area contributed by atoms with Crippen molar-refractivity contribution in [3.05, 3.63) is 17.2 Å². The number of anilines is 1. The van der Waals surface area contributed by atoms with Gasteiger partial charge in [-0.05, 0) is 40.7 Å². The van der Waals surface area contributed by atoms with E-state index in [0.717, 1.165) is 0 Å². The number of hydrogen-bond donors (Lipinski definition) is 1. The van der Waals surface area contributed by atoms with Crippen molar-refractivity contribution in [2.24, 2.45) is 0 Å². The topological polar surface area (TPSA) is 50.8 Å². The van der Waals surface area contributed by atoms with Gasteiger partial charge in [0.25, 0.3) is 0 Å². The lowest BCUT2D eigenvalue weighted by Crippen LogP contribution is -2.48. The van der Waals surface area contributed by atoms with Crippen molar-refractivity contribution < 1.29 is 14.3 Å². The first-order valence-electron chi connectivity index (χ1n) is 7.73. The molecule has 1 N–H and O–H groups in total. The minimum absolute atomic E-state index is 0.0315. The molecule has 1 aromatic rings. The molecule has 0 saturated heterocycles. The van der Waals surface area contributed by atoms with Crippen molar-refractivity contribution in [3.8, 4) is 11.5 Å². The van der Waals surface area contributed by atoms with Crippen LogP contribution in [-0.4, -0.2) is 43.2 Å². The molecule has 0 aliphatic carbocycles. The molecule has 130 valence electrons. The molecule has 0 aromatic heterocycles. The summed E-state index contributed by atoms with van der Waals surface area (Å²) >= 11 is 6.17. The van der Waals surface area contributed by atoms with Crippen LogP contribution >= 0.6 is 11.6 Å². The van der Waals surface area contributed by atoms with Gasteiger partial charge in [-0.25, -0.2) is 0 Å². The first-order chi connectivity index (χ1) is 10.7. The molecule has 1 amide bonds. The normalized spacial score (nSPS) is 12.3. The Morgan fingerprint density at radius 2 is 1.57 bits per heavy atom. The summed E-state index contributed by atoms with van der Waals surface area (Å²) < 4.78 is 10.5. The second kappa shape index (κ2) is 8.29. The third-order valence-electron chi connectivity index (χ3n) is 3.58. The summed E-state index contributed by atoms with van der Waals surface area (Å²) in [5, 5.41) is 3.65. The molecule has 1 aromatic carbocycles. The second-order valence-electron chi connectivity index (χ2n) is 5.99. The van der Waals surface area contributed by atoms with E-state index in [2.05, 4.69) is 5.32 Å². The van der Waals surface area contributed by atoms with E-state index in [9.17, 15) is 4.79 Å². The maximum Gasteiger partial charge on any atom is 0.245 e. The van der Waals surface area contributed by atoms with Gasteiger partial charge in [-0.3, -0.25) is 4.79 Å². The van der Waals surface area contributed by atoms with Gasteiger partial charge < -0.3 is 19.7 Å². The number of benzene rings is 1. The lowest BCUT2D eigenvalue weighted by atomic mass is 10.1. The van der Waals surface area contributed by atoms with E-state index < -0.39 is 6.04 Å². The summed E-state index contributed by atoms with van der Waals surface area (Å²) in [4.78, 5) is 14.6. The van der Waals surface area contributed by atoms with Gasteiger partial charge in [0.2, 0.25) is 5.91 Å². The number of halogens is 1. The summed E-state index contributed by atoms with van der Waals surface area (Å²) in [5.41, 5.74) is 0.659. The minimum atomic E-state index is -0.404. The Morgan fingerprint density at radius 3 is 2.00 bits per heavy atom. The molecule has 0 radical (unpaired) electrons. The lowest BCUT2D eigenvalue weighted by Gasteiger charge is -2.33. The molecule has 0 fully saturated rings. The number of rotatable bonds is 7. The highest BCUT2D eigenvalue weighted by Crippen LogP contribution is 2.36. The lowest BCUT2D eigenvalue weighted by molar-refractivity contribution is -0.135. The van der Waals surface area contributed by atoms with Gasteiger partial charge in [0, 0.05) is 18.2 Å². The molecular formula is C17H27ClN2O3. The Hall–Kier alpha value is -1.62. The molecule has 0 spiro atoms. The van der Waals surface area contributed by atoms with Gasteiger partial charge in [0.05, 0.1) is 24.9 Å². The zero-order chi connectivity index (χ0) is 17.7. The number of nitrogens with one attached hydrogen (secondary N) is 1. The average Bonchev–Trinajstić information content (AvgIpc) is 2.46. The smallest absolute Gasteiger partial charge is 0.245 e. The van der Waals surface area contributed by atoms with Crippen LogP contribution in [0.15, 0.2) is 12.1 Å². The van der Waals surface area contributed by atoms with E-state index >= 15 is 0 Å². The Kier molecular flexibility index (Phi) is 7.01. The van der Waals surface area contributed by atoms with E-state index in [1.807, 2.05) is 39.5 Å². The fraction of sp³-hybridized carbons (Fsp3) is 0.588. The highest BCUT2D eigenvalue weighted by Gasteiger charge is 2.25. The van der Waals surface area contributed by atoms with E-state index in [-0.39, 0.29) is 18.0 Å². The second-order valence-corrected chi connectivity index (χ2v) is 6.39. The van der Waals surface area contributed by atoms with Gasteiger partial charge in [0.1, 0.15) is 17.5 Å². The monoisotopic (exact) mass is 342 g/mol. The highest BCUT2D eigenvalue weighted by molar-refractivity contribution is 6.32. The van der Waals surface area contributed by atoms with Crippen LogP contribution in [0, 0.1) is 0 Å². The first-order valence-corrected chi connectivity index (χ1v) is 8.10. The minimum Gasteiger partial charge on any atom is -0.495 e. The maximum atomic E-state index is 12.7. The van der Waals surface area contributed by atoms with Gasteiger partial charge >= 0.3 is 0 Å². The van der Waals surface area contributed by atoms with Crippen molar-refractivity contribution >= 4 is 23.2 Å². The molecule has 5 nitrogen and oxygen atoms in total. The fourth-order valence-electron chi connectivity index (χ4n) is 2.60. The number of carbonyl (C=O) groups excluding carboxylic acids is 1. The fourth-order valence-corrected chi connectivity index (χ4v) is 2.84. The first kappa shape index (κ1) is 19.4. The predicted molar refractivity (Wildman–Crippen MR) is 94.8 cm³/mol. The number of ether oxygens (including phenoxy) is 2. The summed E-state index contributed by atoms with van der Waals surface area (Å²) in [5.74, 6) is 1.13. The Labute approximate surface area is 143 Å². The van der Waals surface area contributed by atoms with Crippen molar-refractivity contribution in [1.29, 1.82) is 0 Å². The number of hydrogen-bond acceptors (Lipinski definition) is 4. The van der Waals surface area contributed by atoms with E-state index in [1.165, 1.54) is 0 Å². The number of methoxy groups -OCH3 is 2. The molecule has 0 heterocycles. The third kappa shape index (κ3) is 4.67. The van der Waals surface area contributed by atoms with Crippen LogP contribution in [0.1, 0.15) is 34.6 Å². The van der Waals surface area contributed by atoms with E-state index in [4.69, 9.17) is 21.1 Å². The molecule has 1 atom stereocenters. The Bertz CT molecular complexity index is 539. The quantitative estimate of drug-likeness (QED) is 0.818. The molecule has 0 bridgehead atoms. The van der Waals surface area contributed by atoms with Gasteiger partial charge in [-0.1, -0.05) is 11.6 Å². The average molecular weight is 343 g/mol. The Morgan fingerprint density at radius 1 is 1.04 bits per heavy atom. The number of amides is 1. The highest BCUT2D eigenvalue weighted by atomic mass is 35.5. The number of carbonyl (C=O) groups is 1. The van der Waals surface area contributed by atoms with E-state index in [0.29, 0.717) is 22.2 Å². The Balaban J connectivity index is 3.02. The van der Waals surface area contributed by atoms with Crippen LogP contribution in [-0.2, 0) is 4.79 Å². The zero-order valence-corrected chi connectivity index (χ0v) is 15.7. The largest absolute Gasteiger partial charge is 0.495 e. The molecule has 0 unspecified atom stereocenters. The predicted octanol–water partition coefficient (Wildman–Crippen LogP) is 3.80. The van der Waals surface area contributed by atoms with Crippen LogP contribution in [0.4, 0.5) is 5.69 Å². The van der Waals surface area contributed by atoms with Crippen molar-refractivity contribution in [2.45, 2.75) is 52.7 Å². The molecule has 23 heavy (non-hydrogen) atoms. The van der Waals surface area contributed by atoms with Crippen molar-refractivity contribution in [1.82, 2.24) is 4.90 Å². The zero-order valence-electron chi connectivity index (χ0n) is 14.9. The third-order valence-corrected chi connectivity index (χ3v) is 3.88. The molecule has 0 saturated carbocycles. The standard InChI is InChI=1S/C17H27ClN2O3/c1-10(2)20(11(3)4)17(21)12(5)19-14-8-13(18)15(22-6)9-16(14)23-7/h8-12,19H,1-7H3/t12-/m0/s1. The van der Waals surface area contributed by atoms with Crippen molar-refractivity contribution in [2.75, 3.05) is 19.5 Å². The summed E-state index contributed by atoms with van der Waals surface area (Å²) in [6.07, 6.45) is 0. The van der Waals surface area contributed by atoms with Crippen LogP contribution in [0.2, 0.25) is 5.02 Å². The SMILES string of the molecule is COc1cc(OC)c(N[C@@H](C)C(=O)N(C(C)C)C(C)C)cc1Cl. The van der Waals surface area contributed by atoms with Crippen LogP contribution in [0.25, 0.3) is 0 Å². The number of nitrogens with zero attached hydrogens (tertiary/aromatic N) is 1. The summed E-state index contributed by atoms with van der Waals surface area (Å²) in [6, 6.07) is 3.27. The maximum absolute atomic E-state index is 12.7. The van der Waals surface area contributed by atoms with Crippen LogP contribution in [0.5, 0.6) is 11.5 Å². The molecule has 0 aliphatic rings. The summed E-state index contributed by atoms with van der Waals surface area (Å²) in [6.45, 7) is 9.87. The molecule has 1 rings (SSSR count). The van der Waals surface area contributed by atoms with Gasteiger partial charge in [-0.15, -0.1) is 0 Å². The van der Waals surface area contributed by atoms with E-state index in [1.54, 1.807) is 26.4 Å². The van der Waals surface area contributed by atoms with Crippen molar-refractivity contribution in [3.63, 3.8) is 0 Å². The molecule has 6 heteroatoms.